The van der Waals surface area contributed by atoms with Gasteiger partial charge in [-0.1, -0.05) is 0 Å². The van der Waals surface area contributed by atoms with Crippen LogP contribution in [-0.4, -0.2) is 35.0 Å². The number of benzene rings is 1. The number of carboxylic acid groups (broad SMARTS) is 1. The van der Waals surface area contributed by atoms with E-state index >= 15 is 0 Å². The molecule has 1 aliphatic rings. The normalized spacial score (nSPS) is 15.9. The van der Waals surface area contributed by atoms with E-state index in [1.54, 1.807) is 11.3 Å². The molecule has 1 fully saturated rings. The van der Waals surface area contributed by atoms with Gasteiger partial charge in [0.15, 0.2) is 0 Å². The molecule has 7 heteroatoms. The Labute approximate surface area is 149 Å². The molecule has 1 aromatic carbocycles. The smallest absolute Gasteiger partial charge is 0.306 e. The van der Waals surface area contributed by atoms with Crippen LogP contribution in [0, 0.1) is 11.7 Å². The molecule has 0 saturated carbocycles. The Morgan fingerprint density at radius 2 is 1.92 bits per heavy atom. The number of hydrogen-bond acceptors (Lipinski definition) is 4. The number of carboxylic acids is 1. The zero-order valence-electron chi connectivity index (χ0n) is 13.6. The van der Waals surface area contributed by atoms with Crippen molar-refractivity contribution in [2.45, 2.75) is 19.4 Å². The molecular formula is C18H19FN2O3S. The molecule has 0 atom stereocenters. The van der Waals surface area contributed by atoms with E-state index < -0.39 is 5.97 Å². The minimum atomic E-state index is -0.707. The predicted molar refractivity (Wildman–Crippen MR) is 94.3 cm³/mol. The summed E-state index contributed by atoms with van der Waals surface area (Å²) in [5.74, 6) is -1.58. The van der Waals surface area contributed by atoms with Crippen molar-refractivity contribution in [3.63, 3.8) is 0 Å². The van der Waals surface area contributed by atoms with E-state index in [0.717, 1.165) is 30.2 Å². The molecule has 0 unspecified atom stereocenters. The molecule has 5 nitrogen and oxygen atoms in total. The molecule has 2 aromatic rings. The lowest BCUT2D eigenvalue weighted by atomic mass is 9.97. The molecular weight excluding hydrogens is 343 g/mol. The van der Waals surface area contributed by atoms with Crippen LogP contribution in [-0.2, 0) is 11.3 Å². The van der Waals surface area contributed by atoms with Gasteiger partial charge in [-0.15, -0.1) is 11.3 Å². The van der Waals surface area contributed by atoms with Gasteiger partial charge in [0.2, 0.25) is 0 Å². The van der Waals surface area contributed by atoms with E-state index in [9.17, 15) is 14.0 Å². The van der Waals surface area contributed by atoms with E-state index in [0.29, 0.717) is 18.4 Å². The van der Waals surface area contributed by atoms with Crippen molar-refractivity contribution in [3.05, 3.63) is 52.0 Å². The molecule has 3 rings (SSSR count). The highest BCUT2D eigenvalue weighted by molar-refractivity contribution is 7.10. The first-order valence-corrected chi connectivity index (χ1v) is 8.99. The van der Waals surface area contributed by atoms with Crippen LogP contribution >= 0.6 is 11.3 Å². The number of nitrogens with one attached hydrogen (secondary N) is 1. The van der Waals surface area contributed by atoms with Gasteiger partial charge >= 0.3 is 5.97 Å². The van der Waals surface area contributed by atoms with Crippen LogP contribution in [0.25, 0.3) is 0 Å². The van der Waals surface area contributed by atoms with Gasteiger partial charge in [-0.25, -0.2) is 4.39 Å². The number of carbonyl (C=O) groups excluding carboxylic acids is 1. The monoisotopic (exact) mass is 362 g/mol. The Bertz CT molecular complexity index is 752. The van der Waals surface area contributed by atoms with Crippen LogP contribution in [0.2, 0.25) is 0 Å². The first-order valence-electron chi connectivity index (χ1n) is 8.11. The molecule has 0 spiro atoms. The fourth-order valence-electron chi connectivity index (χ4n) is 2.89. The number of rotatable bonds is 5. The summed E-state index contributed by atoms with van der Waals surface area (Å²) in [5.41, 5.74) is 1.12. The van der Waals surface area contributed by atoms with E-state index in [4.69, 9.17) is 5.11 Å². The summed E-state index contributed by atoms with van der Waals surface area (Å²) in [7, 11) is 0. The van der Waals surface area contributed by atoms with Crippen molar-refractivity contribution < 1.29 is 19.1 Å². The first-order chi connectivity index (χ1) is 12.0. The largest absolute Gasteiger partial charge is 0.481 e. The minimum Gasteiger partial charge on any atom is -0.481 e. The number of nitrogens with zero attached hydrogens (tertiary/aromatic N) is 1. The number of thiophene rings is 1. The molecule has 0 radical (unpaired) electrons. The Balaban J connectivity index is 1.53. The van der Waals surface area contributed by atoms with Gasteiger partial charge in [0, 0.05) is 22.4 Å². The topological polar surface area (TPSA) is 69.6 Å². The summed E-state index contributed by atoms with van der Waals surface area (Å²) in [6, 6.07) is 7.34. The molecule has 1 saturated heterocycles. The summed E-state index contributed by atoms with van der Waals surface area (Å²) in [6.45, 7) is 2.29. The van der Waals surface area contributed by atoms with Gasteiger partial charge < -0.3 is 10.4 Å². The number of halogens is 1. The van der Waals surface area contributed by atoms with Crippen molar-refractivity contribution in [2.24, 2.45) is 5.92 Å². The van der Waals surface area contributed by atoms with Gasteiger partial charge in [0.25, 0.3) is 5.91 Å². The zero-order chi connectivity index (χ0) is 17.8. The molecule has 0 aliphatic carbocycles. The zero-order valence-corrected chi connectivity index (χ0v) is 14.4. The van der Waals surface area contributed by atoms with Crippen LogP contribution < -0.4 is 5.32 Å². The molecule has 0 bridgehead atoms. The summed E-state index contributed by atoms with van der Waals surface area (Å²) in [4.78, 5) is 26.5. The minimum absolute atomic E-state index is 0.231. The average molecular weight is 362 g/mol. The Kier molecular flexibility index (Phi) is 5.45. The van der Waals surface area contributed by atoms with Crippen molar-refractivity contribution in [3.8, 4) is 0 Å². The van der Waals surface area contributed by atoms with Crippen molar-refractivity contribution >= 4 is 28.9 Å². The third-order valence-electron chi connectivity index (χ3n) is 4.33. The molecule has 132 valence electrons. The highest BCUT2D eigenvalue weighted by Crippen LogP contribution is 2.24. The summed E-state index contributed by atoms with van der Waals surface area (Å²) in [6.07, 6.45) is 1.35. The summed E-state index contributed by atoms with van der Waals surface area (Å²) < 4.78 is 12.9. The van der Waals surface area contributed by atoms with Crippen LogP contribution in [0.4, 0.5) is 10.1 Å². The maximum atomic E-state index is 12.9. The number of likely N-dealkylation sites (tertiary alicyclic amines) is 1. The van der Waals surface area contributed by atoms with Crippen molar-refractivity contribution in [2.75, 3.05) is 18.4 Å². The molecule has 25 heavy (non-hydrogen) atoms. The molecule has 1 aliphatic heterocycles. The van der Waals surface area contributed by atoms with E-state index in [2.05, 4.69) is 10.2 Å². The van der Waals surface area contributed by atoms with Gasteiger partial charge in [0.1, 0.15) is 5.82 Å². The second kappa shape index (κ2) is 7.76. The quantitative estimate of drug-likeness (QED) is 0.855. The second-order valence-electron chi connectivity index (χ2n) is 6.15. The standard InChI is InChI=1S/C18H19FN2O3S/c19-14-3-1-12(2-4-14)17(22)20-15-9-16(25-11-15)10-21-7-5-13(6-8-21)18(23)24/h1-4,9,11,13H,5-8,10H2,(H,20,22)(H,23,24). The molecule has 2 N–H and O–H groups in total. The molecule has 1 aromatic heterocycles. The fraction of sp³-hybridized carbons (Fsp3) is 0.333. The maximum Gasteiger partial charge on any atom is 0.306 e. The highest BCUT2D eigenvalue weighted by Gasteiger charge is 2.24. The lowest BCUT2D eigenvalue weighted by Gasteiger charge is -2.29. The van der Waals surface area contributed by atoms with Crippen LogP contribution in [0.15, 0.2) is 35.7 Å². The van der Waals surface area contributed by atoms with Gasteiger partial charge in [0.05, 0.1) is 11.6 Å². The van der Waals surface area contributed by atoms with Crippen LogP contribution in [0.5, 0.6) is 0 Å². The lowest BCUT2D eigenvalue weighted by Crippen LogP contribution is -2.35. The van der Waals surface area contributed by atoms with E-state index in [1.165, 1.54) is 24.3 Å². The van der Waals surface area contributed by atoms with Crippen LogP contribution in [0.1, 0.15) is 28.1 Å². The summed E-state index contributed by atoms with van der Waals surface area (Å²) in [5, 5.41) is 13.7. The third-order valence-corrected chi connectivity index (χ3v) is 5.26. The highest BCUT2D eigenvalue weighted by atomic mass is 32.1. The lowest BCUT2D eigenvalue weighted by molar-refractivity contribution is -0.143. The number of amides is 1. The van der Waals surface area contributed by atoms with Crippen molar-refractivity contribution in [1.82, 2.24) is 4.90 Å². The first kappa shape index (κ1) is 17.6. The number of anilines is 1. The summed E-state index contributed by atoms with van der Waals surface area (Å²) >= 11 is 1.56. The fourth-order valence-corrected chi connectivity index (χ4v) is 3.75. The van der Waals surface area contributed by atoms with Gasteiger partial charge in [-0.3, -0.25) is 14.5 Å². The average Bonchev–Trinajstić information content (AvgIpc) is 3.02. The number of carbonyl (C=O) groups is 2. The van der Waals surface area contributed by atoms with Crippen molar-refractivity contribution in [1.29, 1.82) is 0 Å². The Morgan fingerprint density at radius 3 is 2.56 bits per heavy atom. The predicted octanol–water partition coefficient (Wildman–Crippen LogP) is 3.44. The Morgan fingerprint density at radius 1 is 1.24 bits per heavy atom. The molecule has 1 amide bonds. The number of piperidine rings is 1. The van der Waals surface area contributed by atoms with Crippen LogP contribution in [0.3, 0.4) is 0 Å². The molecule has 2 heterocycles. The number of aliphatic carboxylic acids is 1. The van der Waals surface area contributed by atoms with Gasteiger partial charge in [-0.2, -0.15) is 0 Å². The SMILES string of the molecule is O=C(Nc1csc(CN2CCC(C(=O)O)CC2)c1)c1ccc(F)cc1. The maximum absolute atomic E-state index is 12.9. The second-order valence-corrected chi connectivity index (χ2v) is 7.15. The third kappa shape index (κ3) is 4.64. The van der Waals surface area contributed by atoms with E-state index in [-0.39, 0.29) is 17.6 Å². The van der Waals surface area contributed by atoms with E-state index in [1.807, 2.05) is 11.4 Å². The number of hydrogen-bond donors (Lipinski definition) is 2. The Hall–Kier alpha value is -2.25. The van der Waals surface area contributed by atoms with Gasteiger partial charge in [-0.05, 0) is 56.3 Å².